The first-order valence-electron chi connectivity index (χ1n) is 6.31. The minimum absolute atomic E-state index is 0.725. The van der Waals surface area contributed by atoms with Crippen LogP contribution in [0.3, 0.4) is 0 Å². The molecule has 3 rings (SSSR count). The summed E-state index contributed by atoms with van der Waals surface area (Å²) in [5.41, 5.74) is 1.94. The molecule has 0 bridgehead atoms. The molecule has 0 unspecified atom stereocenters. The van der Waals surface area contributed by atoms with Crippen LogP contribution in [0.25, 0.3) is 22.4 Å². The molecule has 0 aliphatic heterocycles. The predicted molar refractivity (Wildman–Crippen MR) is 73.8 cm³/mol. The second kappa shape index (κ2) is 4.85. The minimum Gasteiger partial charge on any atom is -0.439 e. The number of nitrogens with one attached hydrogen (secondary N) is 1. The molecule has 1 aromatic carbocycles. The molecule has 98 valence electrons. The highest BCUT2D eigenvalue weighted by molar-refractivity contribution is 5.91. The van der Waals surface area contributed by atoms with Gasteiger partial charge in [0.1, 0.15) is 5.69 Å². The Labute approximate surface area is 111 Å². The van der Waals surface area contributed by atoms with Crippen molar-refractivity contribution in [2.75, 3.05) is 13.6 Å². The lowest BCUT2D eigenvalue weighted by Gasteiger charge is -1.94. The van der Waals surface area contributed by atoms with Gasteiger partial charge in [0.25, 0.3) is 0 Å². The number of likely N-dealkylation sites (N-methyl/N-ethyl adjacent to an activating group) is 1. The van der Waals surface area contributed by atoms with E-state index in [1.54, 1.807) is 6.20 Å². The highest BCUT2D eigenvalue weighted by atomic mass is 16.4. The van der Waals surface area contributed by atoms with Crippen molar-refractivity contribution in [3.8, 4) is 11.5 Å². The smallest absolute Gasteiger partial charge is 0.196 e. The summed E-state index contributed by atoms with van der Waals surface area (Å²) < 4.78 is 7.63. The average molecular weight is 256 g/mol. The summed E-state index contributed by atoms with van der Waals surface area (Å²) >= 11 is 0. The number of oxazole rings is 1. The van der Waals surface area contributed by atoms with E-state index >= 15 is 0 Å². The van der Waals surface area contributed by atoms with Crippen molar-refractivity contribution in [2.24, 2.45) is 7.05 Å². The summed E-state index contributed by atoms with van der Waals surface area (Å²) in [7, 11) is 3.85. The lowest BCUT2D eigenvalue weighted by Crippen LogP contribution is -2.10. The quantitative estimate of drug-likeness (QED) is 0.775. The van der Waals surface area contributed by atoms with Gasteiger partial charge in [-0.2, -0.15) is 5.10 Å². The molecule has 0 aliphatic carbocycles. The van der Waals surface area contributed by atoms with Crippen molar-refractivity contribution in [1.82, 2.24) is 20.1 Å². The van der Waals surface area contributed by atoms with Gasteiger partial charge in [0.05, 0.1) is 11.7 Å². The molecule has 0 fully saturated rings. The van der Waals surface area contributed by atoms with E-state index in [4.69, 9.17) is 4.42 Å². The number of hydrogen-bond acceptors (Lipinski definition) is 4. The maximum atomic E-state index is 5.77. The summed E-state index contributed by atoms with van der Waals surface area (Å²) in [6, 6.07) is 8.11. The number of aryl methyl sites for hydroxylation is 1. The minimum atomic E-state index is 0.725. The van der Waals surface area contributed by atoms with Crippen molar-refractivity contribution < 1.29 is 4.42 Å². The number of nitrogens with zero attached hydrogens (tertiary/aromatic N) is 3. The van der Waals surface area contributed by atoms with Crippen LogP contribution in [0, 0.1) is 0 Å². The zero-order chi connectivity index (χ0) is 13.2. The van der Waals surface area contributed by atoms with E-state index in [0.29, 0.717) is 0 Å². The van der Waals surface area contributed by atoms with E-state index in [1.807, 2.05) is 43.0 Å². The van der Waals surface area contributed by atoms with Gasteiger partial charge in [0, 0.05) is 25.4 Å². The van der Waals surface area contributed by atoms with Crippen LogP contribution in [0.4, 0.5) is 0 Å². The van der Waals surface area contributed by atoms with Gasteiger partial charge in [-0.25, -0.2) is 4.98 Å². The maximum Gasteiger partial charge on any atom is 0.196 e. The molecule has 1 N–H and O–H groups in total. The maximum absolute atomic E-state index is 5.77. The number of para-hydroxylation sites is 1. The second-order valence-electron chi connectivity index (χ2n) is 4.46. The molecule has 0 amide bonds. The molecule has 0 aliphatic rings. The van der Waals surface area contributed by atoms with Crippen molar-refractivity contribution in [1.29, 1.82) is 0 Å². The summed E-state index contributed by atoms with van der Waals surface area (Å²) in [5, 5.41) is 8.68. The van der Waals surface area contributed by atoms with Crippen LogP contribution in [0.2, 0.25) is 0 Å². The highest BCUT2D eigenvalue weighted by Gasteiger charge is 2.14. The van der Waals surface area contributed by atoms with Gasteiger partial charge < -0.3 is 9.73 Å². The Morgan fingerprint density at radius 3 is 3.00 bits per heavy atom. The summed E-state index contributed by atoms with van der Waals surface area (Å²) in [5.74, 6) is 1.46. The van der Waals surface area contributed by atoms with Gasteiger partial charge >= 0.3 is 0 Å². The van der Waals surface area contributed by atoms with Crippen molar-refractivity contribution in [3.63, 3.8) is 0 Å². The van der Waals surface area contributed by atoms with Crippen LogP contribution < -0.4 is 5.32 Å². The number of rotatable bonds is 4. The molecular formula is C14H16N4O. The lowest BCUT2D eigenvalue weighted by atomic mass is 10.2. The Morgan fingerprint density at radius 1 is 1.32 bits per heavy atom. The Morgan fingerprint density at radius 2 is 2.16 bits per heavy atom. The number of hydrogen-bond donors (Lipinski definition) is 1. The van der Waals surface area contributed by atoms with Crippen LogP contribution >= 0.6 is 0 Å². The van der Waals surface area contributed by atoms with E-state index < -0.39 is 0 Å². The number of fused-ring (bicyclic) bond motifs is 1. The van der Waals surface area contributed by atoms with Crippen LogP contribution in [-0.2, 0) is 13.5 Å². The van der Waals surface area contributed by atoms with E-state index in [1.165, 1.54) is 0 Å². The Balaban J connectivity index is 2.02. The first-order chi connectivity index (χ1) is 9.29. The molecule has 0 saturated carbocycles. The molecule has 0 radical (unpaired) electrons. The number of benzene rings is 1. The Hall–Kier alpha value is -2.14. The second-order valence-corrected chi connectivity index (χ2v) is 4.46. The topological polar surface area (TPSA) is 55.9 Å². The van der Waals surface area contributed by atoms with E-state index in [-0.39, 0.29) is 0 Å². The molecule has 3 aromatic rings. The first-order valence-corrected chi connectivity index (χ1v) is 6.31. The molecule has 19 heavy (non-hydrogen) atoms. The van der Waals surface area contributed by atoms with Crippen molar-refractivity contribution >= 4 is 10.9 Å². The van der Waals surface area contributed by atoms with Crippen LogP contribution in [0.1, 0.15) is 5.89 Å². The highest BCUT2D eigenvalue weighted by Crippen LogP contribution is 2.27. The fourth-order valence-electron chi connectivity index (χ4n) is 2.16. The standard InChI is InChI=1S/C14H16N4O/c1-15-8-7-13-16-9-12(19-13)14-10-5-3-4-6-11(10)18(2)17-14/h3-6,9,15H,7-8H2,1-2H3. The van der Waals surface area contributed by atoms with Crippen molar-refractivity contribution in [3.05, 3.63) is 36.4 Å². The Bertz CT molecular complexity index is 698. The monoisotopic (exact) mass is 256 g/mol. The molecule has 0 spiro atoms. The Kier molecular flexibility index (Phi) is 3.05. The zero-order valence-corrected chi connectivity index (χ0v) is 11.1. The first kappa shape index (κ1) is 11.9. The summed E-state index contributed by atoms with van der Waals surface area (Å²) in [6.07, 6.45) is 2.53. The normalized spacial score (nSPS) is 11.3. The molecule has 5 heteroatoms. The third-order valence-corrected chi connectivity index (χ3v) is 3.13. The molecule has 5 nitrogen and oxygen atoms in total. The number of aromatic nitrogens is 3. The van der Waals surface area contributed by atoms with E-state index in [0.717, 1.165) is 41.2 Å². The zero-order valence-electron chi connectivity index (χ0n) is 11.1. The lowest BCUT2D eigenvalue weighted by molar-refractivity contribution is 0.499. The van der Waals surface area contributed by atoms with E-state index in [9.17, 15) is 0 Å². The summed E-state index contributed by atoms with van der Waals surface area (Å²) in [4.78, 5) is 4.29. The van der Waals surface area contributed by atoms with Gasteiger partial charge in [-0.05, 0) is 13.1 Å². The summed E-state index contributed by atoms with van der Waals surface area (Å²) in [6.45, 7) is 0.850. The van der Waals surface area contributed by atoms with Gasteiger partial charge in [-0.1, -0.05) is 18.2 Å². The predicted octanol–water partition coefficient (Wildman–Crippen LogP) is 1.99. The third kappa shape index (κ3) is 2.13. The fourth-order valence-corrected chi connectivity index (χ4v) is 2.16. The molecular weight excluding hydrogens is 240 g/mol. The van der Waals surface area contributed by atoms with Crippen molar-refractivity contribution in [2.45, 2.75) is 6.42 Å². The van der Waals surface area contributed by atoms with E-state index in [2.05, 4.69) is 15.4 Å². The van der Waals surface area contributed by atoms with Gasteiger partial charge in [0.15, 0.2) is 11.7 Å². The SMILES string of the molecule is CNCCc1ncc(-c2nn(C)c3ccccc23)o1. The molecule has 0 atom stereocenters. The third-order valence-electron chi connectivity index (χ3n) is 3.13. The largest absolute Gasteiger partial charge is 0.439 e. The van der Waals surface area contributed by atoms with Gasteiger partial charge in [-0.15, -0.1) is 0 Å². The average Bonchev–Trinajstić information content (AvgIpc) is 3.02. The molecule has 2 aromatic heterocycles. The van der Waals surface area contributed by atoms with Crippen LogP contribution in [0.5, 0.6) is 0 Å². The van der Waals surface area contributed by atoms with Crippen LogP contribution in [-0.4, -0.2) is 28.4 Å². The molecule has 2 heterocycles. The molecule has 0 saturated heterocycles. The fraction of sp³-hybridized carbons (Fsp3) is 0.286. The van der Waals surface area contributed by atoms with Gasteiger partial charge in [-0.3, -0.25) is 4.68 Å². The van der Waals surface area contributed by atoms with Gasteiger partial charge in [0.2, 0.25) is 0 Å². The van der Waals surface area contributed by atoms with Crippen LogP contribution in [0.15, 0.2) is 34.9 Å².